The molecular formula is C21H33BO7. The quantitative estimate of drug-likeness (QED) is 0.529. The topological polar surface area (TPSA) is 109 Å². The average molecular weight is 408 g/mol. The number of aryl methyl sites for hydroxylation is 1. The van der Waals surface area contributed by atoms with Crippen molar-refractivity contribution in [1.82, 2.24) is 0 Å². The van der Waals surface area contributed by atoms with Gasteiger partial charge in [0.1, 0.15) is 24.4 Å². The lowest BCUT2D eigenvalue weighted by molar-refractivity contribution is -0.233. The third kappa shape index (κ3) is 4.00. The molecule has 0 bridgehead atoms. The van der Waals surface area contributed by atoms with Crippen LogP contribution in [0.4, 0.5) is 0 Å². The smallest absolute Gasteiger partial charge is 0.399 e. The van der Waals surface area contributed by atoms with Crippen LogP contribution in [0.5, 0.6) is 0 Å². The summed E-state index contributed by atoms with van der Waals surface area (Å²) in [7, 11) is -0.463. The van der Waals surface area contributed by atoms with Crippen LogP contribution in [0.3, 0.4) is 0 Å². The molecule has 2 fully saturated rings. The van der Waals surface area contributed by atoms with Crippen LogP contribution in [0, 0.1) is 6.92 Å². The maximum absolute atomic E-state index is 10.4. The Morgan fingerprint density at radius 1 is 1.00 bits per heavy atom. The van der Waals surface area contributed by atoms with Crippen molar-refractivity contribution in [1.29, 1.82) is 0 Å². The minimum absolute atomic E-state index is 0.270. The molecule has 2 saturated heterocycles. The fraction of sp³-hybridized carbons (Fsp3) is 0.714. The highest BCUT2D eigenvalue weighted by atomic mass is 16.7. The van der Waals surface area contributed by atoms with Crippen LogP contribution in [-0.2, 0) is 14.0 Å². The Balaban J connectivity index is 1.82. The molecule has 0 radical (unpaired) electrons. The van der Waals surface area contributed by atoms with Crippen LogP contribution in [0.1, 0.15) is 51.7 Å². The Kier molecular flexibility index (Phi) is 6.20. The molecule has 29 heavy (non-hydrogen) atoms. The second kappa shape index (κ2) is 7.92. The van der Waals surface area contributed by atoms with Crippen molar-refractivity contribution in [3.63, 3.8) is 0 Å². The zero-order valence-electron chi connectivity index (χ0n) is 18.0. The molecule has 7 nitrogen and oxygen atoms in total. The molecule has 8 heteroatoms. The fourth-order valence-corrected chi connectivity index (χ4v) is 4.06. The number of aliphatic hydroxyl groups is 4. The molecular weight excluding hydrogens is 375 g/mol. The summed E-state index contributed by atoms with van der Waals surface area (Å²) < 4.78 is 18.0. The van der Waals surface area contributed by atoms with E-state index in [-0.39, 0.29) is 5.92 Å². The first-order valence-corrected chi connectivity index (χ1v) is 10.2. The van der Waals surface area contributed by atoms with E-state index in [9.17, 15) is 20.4 Å². The Morgan fingerprint density at radius 3 is 2.10 bits per heavy atom. The van der Waals surface area contributed by atoms with Crippen molar-refractivity contribution < 1.29 is 34.5 Å². The molecule has 3 rings (SSSR count). The normalized spacial score (nSPS) is 35.0. The predicted molar refractivity (Wildman–Crippen MR) is 109 cm³/mol. The molecule has 2 heterocycles. The Labute approximate surface area is 172 Å². The number of hydrogen-bond donors (Lipinski definition) is 4. The van der Waals surface area contributed by atoms with E-state index in [1.165, 1.54) is 0 Å². The van der Waals surface area contributed by atoms with Gasteiger partial charge in [-0.2, -0.15) is 0 Å². The zero-order valence-corrected chi connectivity index (χ0v) is 18.0. The molecule has 3 unspecified atom stereocenters. The summed E-state index contributed by atoms with van der Waals surface area (Å²) in [5, 5.41) is 40.0. The van der Waals surface area contributed by atoms with E-state index in [4.69, 9.17) is 14.0 Å². The summed E-state index contributed by atoms with van der Waals surface area (Å²) >= 11 is 0. The zero-order chi connectivity index (χ0) is 21.7. The SMILES string of the molecule is Cc1cc(B2OC(C)(C)C(C)(C)O2)ccc1C(C)[C@H]1OC(CO)[C@@H](O)[C@H](O)C1O. The molecule has 0 amide bonds. The van der Waals surface area contributed by atoms with E-state index >= 15 is 0 Å². The Bertz CT molecular complexity index is 720. The first-order chi connectivity index (χ1) is 13.4. The number of ether oxygens (including phenoxy) is 1. The van der Waals surface area contributed by atoms with E-state index in [1.54, 1.807) is 0 Å². The summed E-state index contributed by atoms with van der Waals surface area (Å²) in [6.07, 6.45) is -5.66. The van der Waals surface area contributed by atoms with E-state index in [2.05, 4.69) is 0 Å². The fourth-order valence-electron chi connectivity index (χ4n) is 4.06. The van der Waals surface area contributed by atoms with Crippen molar-refractivity contribution in [3.05, 3.63) is 29.3 Å². The molecule has 2 aliphatic rings. The third-order valence-corrected chi connectivity index (χ3v) is 6.73. The van der Waals surface area contributed by atoms with E-state index in [0.717, 1.165) is 16.6 Å². The molecule has 1 aromatic rings. The van der Waals surface area contributed by atoms with Gasteiger partial charge in [-0.1, -0.05) is 25.1 Å². The van der Waals surface area contributed by atoms with Crippen molar-refractivity contribution in [2.75, 3.05) is 6.61 Å². The minimum Gasteiger partial charge on any atom is -0.399 e. The monoisotopic (exact) mass is 408 g/mol. The van der Waals surface area contributed by atoms with Gasteiger partial charge in [0.05, 0.1) is 23.9 Å². The molecule has 0 aromatic heterocycles. The molecule has 0 spiro atoms. The largest absolute Gasteiger partial charge is 0.494 e. The number of benzene rings is 1. The average Bonchev–Trinajstić information content (AvgIpc) is 2.87. The van der Waals surface area contributed by atoms with Crippen molar-refractivity contribution in [2.45, 2.75) is 89.2 Å². The van der Waals surface area contributed by atoms with E-state index in [1.807, 2.05) is 59.7 Å². The summed E-state index contributed by atoms with van der Waals surface area (Å²) in [4.78, 5) is 0. The van der Waals surface area contributed by atoms with Gasteiger partial charge >= 0.3 is 7.12 Å². The number of aliphatic hydroxyl groups excluding tert-OH is 4. The van der Waals surface area contributed by atoms with Gasteiger partial charge < -0.3 is 34.5 Å². The van der Waals surface area contributed by atoms with Crippen LogP contribution in [0.2, 0.25) is 0 Å². The molecule has 162 valence electrons. The highest BCUT2D eigenvalue weighted by Crippen LogP contribution is 2.37. The molecule has 0 aliphatic carbocycles. The lowest BCUT2D eigenvalue weighted by atomic mass is 9.76. The number of rotatable bonds is 4. The maximum Gasteiger partial charge on any atom is 0.494 e. The van der Waals surface area contributed by atoms with Gasteiger partial charge in [0.25, 0.3) is 0 Å². The second-order valence-corrected chi connectivity index (χ2v) is 9.29. The van der Waals surface area contributed by atoms with Crippen LogP contribution in [-0.4, -0.2) is 75.9 Å². The van der Waals surface area contributed by atoms with Crippen LogP contribution >= 0.6 is 0 Å². The van der Waals surface area contributed by atoms with Gasteiger partial charge in [0.2, 0.25) is 0 Å². The standard InChI is InChI=1S/C21H33BO7/c1-11-9-13(22-28-20(3,4)21(5,6)29-22)7-8-14(11)12(2)19-18(26)17(25)16(24)15(10-23)27-19/h7-9,12,15-19,23-26H,10H2,1-6H3/t12?,15?,16-,17+,18?,19-/m1/s1. The van der Waals surface area contributed by atoms with Gasteiger partial charge in [-0.3, -0.25) is 0 Å². The summed E-state index contributed by atoms with van der Waals surface area (Å²) in [6, 6.07) is 5.88. The first-order valence-electron chi connectivity index (χ1n) is 10.2. The van der Waals surface area contributed by atoms with Crippen LogP contribution in [0.15, 0.2) is 18.2 Å². The number of hydrogen-bond acceptors (Lipinski definition) is 7. The molecule has 1 aromatic carbocycles. The minimum atomic E-state index is -1.38. The molecule has 2 aliphatic heterocycles. The van der Waals surface area contributed by atoms with Crippen LogP contribution in [0.25, 0.3) is 0 Å². The van der Waals surface area contributed by atoms with Gasteiger partial charge in [-0.05, 0) is 51.2 Å². The Hall–Kier alpha value is -0.995. The summed E-state index contributed by atoms with van der Waals surface area (Å²) in [6.45, 7) is 11.5. The third-order valence-electron chi connectivity index (χ3n) is 6.73. The van der Waals surface area contributed by atoms with Crippen molar-refractivity contribution >= 4 is 12.6 Å². The Morgan fingerprint density at radius 2 is 1.59 bits per heavy atom. The maximum atomic E-state index is 10.4. The highest BCUT2D eigenvalue weighted by Gasteiger charge is 2.52. The lowest BCUT2D eigenvalue weighted by Gasteiger charge is -2.42. The highest BCUT2D eigenvalue weighted by molar-refractivity contribution is 6.62. The first kappa shape index (κ1) is 22.7. The second-order valence-electron chi connectivity index (χ2n) is 9.29. The van der Waals surface area contributed by atoms with Gasteiger partial charge in [0.15, 0.2) is 0 Å². The predicted octanol–water partition coefficient (Wildman–Crippen LogP) is 0.240. The summed E-state index contributed by atoms with van der Waals surface area (Å²) in [5.74, 6) is -0.270. The molecule has 0 saturated carbocycles. The summed E-state index contributed by atoms with van der Waals surface area (Å²) in [5.41, 5.74) is 1.98. The van der Waals surface area contributed by atoms with E-state index in [0.29, 0.717) is 0 Å². The van der Waals surface area contributed by atoms with Gasteiger partial charge in [-0.25, -0.2) is 0 Å². The molecule has 6 atom stereocenters. The van der Waals surface area contributed by atoms with Crippen molar-refractivity contribution in [3.8, 4) is 0 Å². The van der Waals surface area contributed by atoms with E-state index < -0.39 is 55.4 Å². The molecule has 4 N–H and O–H groups in total. The van der Waals surface area contributed by atoms with Crippen LogP contribution < -0.4 is 5.46 Å². The van der Waals surface area contributed by atoms with Gasteiger partial charge in [0, 0.05) is 5.92 Å². The van der Waals surface area contributed by atoms with Gasteiger partial charge in [-0.15, -0.1) is 0 Å². The lowest BCUT2D eigenvalue weighted by Crippen LogP contribution is -2.59. The van der Waals surface area contributed by atoms with Crippen molar-refractivity contribution in [2.24, 2.45) is 0 Å².